The highest BCUT2D eigenvalue weighted by Crippen LogP contribution is 2.10. The normalized spacial score (nSPS) is 12.2. The molecule has 0 radical (unpaired) electrons. The van der Waals surface area contributed by atoms with Crippen LogP contribution in [0.5, 0.6) is 0 Å². The van der Waals surface area contributed by atoms with Gasteiger partial charge in [0.2, 0.25) is 0 Å². The molecule has 76 valence electrons. The molecule has 0 spiro atoms. The van der Waals surface area contributed by atoms with E-state index in [0.29, 0.717) is 17.1 Å². The molecule has 1 rings (SSSR count). The predicted octanol–water partition coefficient (Wildman–Crippen LogP) is 1.42. The van der Waals surface area contributed by atoms with Crippen LogP contribution in [0.25, 0.3) is 0 Å². The lowest BCUT2D eigenvalue weighted by Crippen LogP contribution is -2.37. The third-order valence-electron chi connectivity index (χ3n) is 1.82. The van der Waals surface area contributed by atoms with Crippen molar-refractivity contribution in [3.8, 4) is 0 Å². The zero-order valence-electron chi connectivity index (χ0n) is 7.96. The smallest absolute Gasteiger partial charge is 0.251 e. The summed E-state index contributed by atoms with van der Waals surface area (Å²) < 4.78 is 0. The summed E-state index contributed by atoms with van der Waals surface area (Å²) in [6.07, 6.45) is 0. The van der Waals surface area contributed by atoms with Gasteiger partial charge in [0.1, 0.15) is 0 Å². The van der Waals surface area contributed by atoms with E-state index in [1.54, 1.807) is 24.3 Å². The lowest BCUT2D eigenvalue weighted by molar-refractivity contribution is 0.0941. The number of carbonyl (C=O) groups excluding carboxylic acids is 1. The van der Waals surface area contributed by atoms with Crippen LogP contribution >= 0.6 is 11.6 Å². The van der Waals surface area contributed by atoms with Gasteiger partial charge < -0.3 is 11.1 Å². The lowest BCUT2D eigenvalue weighted by atomic mass is 10.2. The first-order valence-corrected chi connectivity index (χ1v) is 4.77. The van der Waals surface area contributed by atoms with Crippen LogP contribution in [0.4, 0.5) is 0 Å². The Labute approximate surface area is 88.2 Å². The van der Waals surface area contributed by atoms with Crippen LogP contribution in [0.2, 0.25) is 5.02 Å². The van der Waals surface area contributed by atoms with Crippen LogP contribution < -0.4 is 11.1 Å². The van der Waals surface area contributed by atoms with Gasteiger partial charge in [-0.25, -0.2) is 0 Å². The van der Waals surface area contributed by atoms with Crippen LogP contribution in [-0.4, -0.2) is 18.5 Å². The van der Waals surface area contributed by atoms with Crippen LogP contribution in [0, 0.1) is 0 Å². The number of benzene rings is 1. The molecule has 0 aromatic heterocycles. The molecule has 1 atom stereocenters. The number of carbonyl (C=O) groups is 1. The number of halogens is 1. The Morgan fingerprint density at radius 1 is 1.64 bits per heavy atom. The molecule has 1 amide bonds. The van der Waals surface area contributed by atoms with E-state index in [-0.39, 0.29) is 11.9 Å². The third-order valence-corrected chi connectivity index (χ3v) is 2.05. The standard InChI is InChI=1S/C10H13ClN2O/c1-7(6-12)13-10(14)8-3-2-4-9(11)5-8/h2-5,7H,6,12H2,1H3,(H,13,14). The van der Waals surface area contributed by atoms with E-state index in [9.17, 15) is 4.79 Å². The summed E-state index contributed by atoms with van der Waals surface area (Å²) in [6, 6.07) is 6.78. The van der Waals surface area contributed by atoms with E-state index in [1.807, 2.05) is 6.92 Å². The third kappa shape index (κ3) is 3.01. The molecule has 0 bridgehead atoms. The Morgan fingerprint density at radius 3 is 2.93 bits per heavy atom. The zero-order valence-corrected chi connectivity index (χ0v) is 8.71. The van der Waals surface area contributed by atoms with Gasteiger partial charge in [0.25, 0.3) is 5.91 Å². The summed E-state index contributed by atoms with van der Waals surface area (Å²) in [5.74, 6) is -0.148. The molecule has 0 saturated heterocycles. The molecule has 3 nitrogen and oxygen atoms in total. The van der Waals surface area contributed by atoms with Crippen LogP contribution in [0.1, 0.15) is 17.3 Å². The molecule has 0 aliphatic carbocycles. The summed E-state index contributed by atoms with van der Waals surface area (Å²) in [7, 11) is 0. The molecule has 0 saturated carbocycles. The van der Waals surface area contributed by atoms with Crippen molar-refractivity contribution in [2.45, 2.75) is 13.0 Å². The van der Waals surface area contributed by atoms with Crippen molar-refractivity contribution in [1.82, 2.24) is 5.32 Å². The second-order valence-corrected chi connectivity index (χ2v) is 3.56. The van der Waals surface area contributed by atoms with Crippen molar-refractivity contribution in [3.05, 3.63) is 34.9 Å². The summed E-state index contributed by atoms with van der Waals surface area (Å²) in [4.78, 5) is 11.5. The molecule has 0 fully saturated rings. The number of hydrogen-bond donors (Lipinski definition) is 2. The SMILES string of the molecule is CC(CN)NC(=O)c1cccc(Cl)c1. The lowest BCUT2D eigenvalue weighted by Gasteiger charge is -2.11. The second-order valence-electron chi connectivity index (χ2n) is 3.12. The summed E-state index contributed by atoms with van der Waals surface area (Å²) in [5.41, 5.74) is 5.94. The van der Waals surface area contributed by atoms with Crippen molar-refractivity contribution < 1.29 is 4.79 Å². The van der Waals surface area contributed by atoms with Gasteiger partial charge in [-0.05, 0) is 25.1 Å². The van der Waals surface area contributed by atoms with E-state index < -0.39 is 0 Å². The number of nitrogens with two attached hydrogens (primary N) is 1. The Balaban J connectivity index is 2.70. The molecule has 0 aliphatic heterocycles. The fourth-order valence-electron chi connectivity index (χ4n) is 0.996. The average Bonchev–Trinajstić information content (AvgIpc) is 2.17. The number of hydrogen-bond acceptors (Lipinski definition) is 2. The second kappa shape index (κ2) is 4.98. The van der Waals surface area contributed by atoms with Gasteiger partial charge in [-0.1, -0.05) is 17.7 Å². The molecule has 1 unspecified atom stereocenters. The Bertz CT molecular complexity index is 328. The first kappa shape index (κ1) is 11.0. The van der Waals surface area contributed by atoms with Gasteiger partial charge in [0.15, 0.2) is 0 Å². The minimum Gasteiger partial charge on any atom is -0.348 e. The van der Waals surface area contributed by atoms with E-state index >= 15 is 0 Å². The molecule has 4 heteroatoms. The Kier molecular flexibility index (Phi) is 3.92. The minimum absolute atomic E-state index is 0.0264. The molecule has 1 aromatic rings. The minimum atomic E-state index is -0.148. The highest BCUT2D eigenvalue weighted by atomic mass is 35.5. The number of rotatable bonds is 3. The number of amides is 1. The molecule has 3 N–H and O–H groups in total. The van der Waals surface area contributed by atoms with Gasteiger partial charge in [-0.15, -0.1) is 0 Å². The largest absolute Gasteiger partial charge is 0.348 e. The van der Waals surface area contributed by atoms with E-state index in [1.165, 1.54) is 0 Å². The zero-order chi connectivity index (χ0) is 10.6. The fourth-order valence-corrected chi connectivity index (χ4v) is 1.19. The maximum Gasteiger partial charge on any atom is 0.251 e. The first-order valence-electron chi connectivity index (χ1n) is 4.40. The maximum atomic E-state index is 11.5. The fraction of sp³-hybridized carbons (Fsp3) is 0.300. The van der Waals surface area contributed by atoms with Crippen LogP contribution in [0.3, 0.4) is 0 Å². The summed E-state index contributed by atoms with van der Waals surface area (Å²) in [5, 5.41) is 3.30. The van der Waals surface area contributed by atoms with Gasteiger partial charge >= 0.3 is 0 Å². The molecule has 14 heavy (non-hydrogen) atoms. The Morgan fingerprint density at radius 2 is 2.36 bits per heavy atom. The van der Waals surface area contributed by atoms with E-state index in [2.05, 4.69) is 5.32 Å². The Hall–Kier alpha value is -1.06. The van der Waals surface area contributed by atoms with Crippen molar-refractivity contribution >= 4 is 17.5 Å². The maximum absolute atomic E-state index is 11.5. The van der Waals surface area contributed by atoms with Crippen LogP contribution in [-0.2, 0) is 0 Å². The summed E-state index contributed by atoms with van der Waals surface area (Å²) in [6.45, 7) is 2.27. The van der Waals surface area contributed by atoms with Gasteiger partial charge in [0.05, 0.1) is 0 Å². The van der Waals surface area contributed by atoms with Gasteiger partial charge in [-0.3, -0.25) is 4.79 Å². The van der Waals surface area contributed by atoms with Crippen molar-refractivity contribution in [2.24, 2.45) is 5.73 Å². The van der Waals surface area contributed by atoms with E-state index in [4.69, 9.17) is 17.3 Å². The average molecular weight is 213 g/mol. The number of nitrogens with one attached hydrogen (secondary N) is 1. The molecule has 0 aliphatic rings. The van der Waals surface area contributed by atoms with Gasteiger partial charge in [-0.2, -0.15) is 0 Å². The van der Waals surface area contributed by atoms with Crippen molar-refractivity contribution in [3.63, 3.8) is 0 Å². The molecule has 0 heterocycles. The summed E-state index contributed by atoms with van der Waals surface area (Å²) >= 11 is 5.75. The van der Waals surface area contributed by atoms with E-state index in [0.717, 1.165) is 0 Å². The molecule has 1 aromatic carbocycles. The highest BCUT2D eigenvalue weighted by Gasteiger charge is 2.08. The van der Waals surface area contributed by atoms with Gasteiger partial charge in [0, 0.05) is 23.2 Å². The molecular weight excluding hydrogens is 200 g/mol. The van der Waals surface area contributed by atoms with Crippen molar-refractivity contribution in [2.75, 3.05) is 6.54 Å². The topological polar surface area (TPSA) is 55.1 Å². The quantitative estimate of drug-likeness (QED) is 0.796. The predicted molar refractivity (Wildman–Crippen MR) is 57.4 cm³/mol. The van der Waals surface area contributed by atoms with Crippen LogP contribution in [0.15, 0.2) is 24.3 Å². The first-order chi connectivity index (χ1) is 6.63. The highest BCUT2D eigenvalue weighted by molar-refractivity contribution is 6.30. The monoisotopic (exact) mass is 212 g/mol. The molecular formula is C10H13ClN2O. The van der Waals surface area contributed by atoms with Crippen molar-refractivity contribution in [1.29, 1.82) is 0 Å².